The minimum Gasteiger partial charge on any atom is -0.385 e. The first-order chi connectivity index (χ1) is 7.63. The molecule has 1 aliphatic rings. The zero-order valence-electron chi connectivity index (χ0n) is 10.1. The Morgan fingerprint density at radius 2 is 1.81 bits per heavy atom. The second-order valence-electron chi connectivity index (χ2n) is 4.89. The van der Waals surface area contributed by atoms with Gasteiger partial charge in [0.1, 0.15) is 0 Å². The van der Waals surface area contributed by atoms with Gasteiger partial charge in [0.05, 0.1) is 5.60 Å². The molecule has 88 valence electrons. The fraction of sp³-hybridized carbons (Fsp3) is 0.571. The van der Waals surface area contributed by atoms with Crippen LogP contribution in [-0.4, -0.2) is 16.6 Å². The van der Waals surface area contributed by atoms with E-state index in [0.717, 1.165) is 29.9 Å². The van der Waals surface area contributed by atoms with Crippen LogP contribution in [0.15, 0.2) is 24.3 Å². The summed E-state index contributed by atoms with van der Waals surface area (Å²) in [6.45, 7) is 4.39. The SMILES string of the molecule is CC(C)c1ccccc1C1(O)CCSCC1. The molecular formula is C14H20OS. The van der Waals surface area contributed by atoms with Crippen LogP contribution in [-0.2, 0) is 5.60 Å². The third kappa shape index (κ3) is 2.28. The van der Waals surface area contributed by atoms with E-state index in [-0.39, 0.29) is 0 Å². The molecule has 0 radical (unpaired) electrons. The molecule has 0 bridgehead atoms. The van der Waals surface area contributed by atoms with Gasteiger partial charge in [-0.25, -0.2) is 0 Å². The van der Waals surface area contributed by atoms with Crippen LogP contribution in [0.4, 0.5) is 0 Å². The van der Waals surface area contributed by atoms with Crippen LogP contribution in [0.1, 0.15) is 43.7 Å². The largest absolute Gasteiger partial charge is 0.385 e. The molecule has 0 saturated carbocycles. The van der Waals surface area contributed by atoms with E-state index in [1.165, 1.54) is 5.56 Å². The number of rotatable bonds is 2. The molecule has 16 heavy (non-hydrogen) atoms. The average Bonchev–Trinajstić information content (AvgIpc) is 2.30. The molecule has 1 aromatic rings. The Kier molecular flexibility index (Phi) is 3.60. The zero-order valence-corrected chi connectivity index (χ0v) is 10.9. The summed E-state index contributed by atoms with van der Waals surface area (Å²) in [6, 6.07) is 8.37. The minimum atomic E-state index is -0.577. The molecule has 0 aromatic heterocycles. The van der Waals surface area contributed by atoms with Gasteiger partial charge in [-0.05, 0) is 41.4 Å². The maximum atomic E-state index is 10.8. The number of benzene rings is 1. The summed E-state index contributed by atoms with van der Waals surface area (Å²) < 4.78 is 0. The van der Waals surface area contributed by atoms with Gasteiger partial charge < -0.3 is 5.11 Å². The van der Waals surface area contributed by atoms with Gasteiger partial charge in [-0.2, -0.15) is 11.8 Å². The van der Waals surface area contributed by atoms with E-state index in [1.54, 1.807) is 0 Å². The molecule has 2 rings (SSSR count). The summed E-state index contributed by atoms with van der Waals surface area (Å²) in [6.07, 6.45) is 1.78. The van der Waals surface area contributed by atoms with Crippen molar-refractivity contribution in [1.29, 1.82) is 0 Å². The fourth-order valence-corrected chi connectivity index (χ4v) is 3.57. The number of hydrogen-bond acceptors (Lipinski definition) is 2. The topological polar surface area (TPSA) is 20.2 Å². The van der Waals surface area contributed by atoms with E-state index in [1.807, 2.05) is 17.8 Å². The van der Waals surface area contributed by atoms with Crippen molar-refractivity contribution < 1.29 is 5.11 Å². The van der Waals surface area contributed by atoms with Crippen molar-refractivity contribution in [2.24, 2.45) is 0 Å². The summed E-state index contributed by atoms with van der Waals surface area (Å²) in [5.74, 6) is 2.63. The van der Waals surface area contributed by atoms with Crippen LogP contribution in [0.3, 0.4) is 0 Å². The van der Waals surface area contributed by atoms with Crippen molar-refractivity contribution in [3.63, 3.8) is 0 Å². The van der Waals surface area contributed by atoms with Crippen LogP contribution in [0, 0.1) is 0 Å². The molecule has 0 aliphatic carbocycles. The molecule has 1 heterocycles. The monoisotopic (exact) mass is 236 g/mol. The van der Waals surface area contributed by atoms with Crippen LogP contribution in [0.2, 0.25) is 0 Å². The molecule has 0 amide bonds. The second-order valence-corrected chi connectivity index (χ2v) is 6.11. The first-order valence-electron chi connectivity index (χ1n) is 6.03. The quantitative estimate of drug-likeness (QED) is 0.847. The standard InChI is InChI=1S/C14H20OS/c1-11(2)12-5-3-4-6-13(12)14(15)7-9-16-10-8-14/h3-6,11,15H,7-10H2,1-2H3. The molecular weight excluding hydrogens is 216 g/mol. The number of aliphatic hydroxyl groups is 1. The highest BCUT2D eigenvalue weighted by Gasteiger charge is 2.33. The van der Waals surface area contributed by atoms with Crippen LogP contribution >= 0.6 is 11.8 Å². The second kappa shape index (κ2) is 4.80. The van der Waals surface area contributed by atoms with E-state index in [4.69, 9.17) is 0 Å². The predicted octanol–water partition coefficient (Wildman–Crippen LogP) is 3.52. The predicted molar refractivity (Wildman–Crippen MR) is 71.0 cm³/mol. The van der Waals surface area contributed by atoms with Crippen molar-refractivity contribution in [3.8, 4) is 0 Å². The van der Waals surface area contributed by atoms with Gasteiger partial charge in [0, 0.05) is 0 Å². The fourth-order valence-electron chi connectivity index (χ4n) is 2.40. The highest BCUT2D eigenvalue weighted by atomic mass is 32.2. The van der Waals surface area contributed by atoms with Crippen LogP contribution in [0.5, 0.6) is 0 Å². The number of thioether (sulfide) groups is 1. The normalized spacial score (nSPS) is 20.0. The summed E-state index contributed by atoms with van der Waals surface area (Å²) in [7, 11) is 0. The Labute approximate surface area is 102 Å². The molecule has 2 heteroatoms. The molecule has 1 N–H and O–H groups in total. The third-order valence-corrected chi connectivity index (χ3v) is 4.39. The zero-order chi connectivity index (χ0) is 11.6. The van der Waals surface area contributed by atoms with Crippen molar-refractivity contribution in [3.05, 3.63) is 35.4 Å². The summed E-state index contributed by atoms with van der Waals surface area (Å²) in [4.78, 5) is 0. The molecule has 0 unspecified atom stereocenters. The van der Waals surface area contributed by atoms with E-state index < -0.39 is 5.60 Å². The van der Waals surface area contributed by atoms with Gasteiger partial charge in [-0.1, -0.05) is 38.1 Å². The van der Waals surface area contributed by atoms with E-state index in [0.29, 0.717) is 5.92 Å². The minimum absolute atomic E-state index is 0.481. The van der Waals surface area contributed by atoms with Gasteiger partial charge in [-0.15, -0.1) is 0 Å². The van der Waals surface area contributed by atoms with Gasteiger partial charge in [-0.3, -0.25) is 0 Å². The van der Waals surface area contributed by atoms with Crippen molar-refractivity contribution in [2.75, 3.05) is 11.5 Å². The van der Waals surface area contributed by atoms with Crippen molar-refractivity contribution in [1.82, 2.24) is 0 Å². The maximum absolute atomic E-state index is 10.8. The van der Waals surface area contributed by atoms with E-state index >= 15 is 0 Å². The van der Waals surface area contributed by atoms with E-state index in [9.17, 15) is 5.11 Å². The lowest BCUT2D eigenvalue weighted by Gasteiger charge is -2.34. The molecule has 1 saturated heterocycles. The lowest BCUT2D eigenvalue weighted by Crippen LogP contribution is -2.31. The first kappa shape index (κ1) is 12.0. The molecule has 1 aliphatic heterocycles. The van der Waals surface area contributed by atoms with Gasteiger partial charge in [0.15, 0.2) is 0 Å². The molecule has 0 spiro atoms. The summed E-state index contributed by atoms with van der Waals surface area (Å²) >= 11 is 1.95. The molecule has 1 nitrogen and oxygen atoms in total. The Bertz CT molecular complexity index is 354. The van der Waals surface area contributed by atoms with E-state index in [2.05, 4.69) is 32.0 Å². The lowest BCUT2D eigenvalue weighted by atomic mass is 9.82. The first-order valence-corrected chi connectivity index (χ1v) is 7.18. The Morgan fingerprint density at radius 1 is 1.19 bits per heavy atom. The van der Waals surface area contributed by atoms with Gasteiger partial charge in [0.2, 0.25) is 0 Å². The van der Waals surface area contributed by atoms with Gasteiger partial charge in [0.25, 0.3) is 0 Å². The molecule has 0 atom stereocenters. The summed E-state index contributed by atoms with van der Waals surface area (Å²) in [5.41, 5.74) is 1.88. The maximum Gasteiger partial charge on any atom is 0.0915 e. The van der Waals surface area contributed by atoms with Crippen LogP contribution < -0.4 is 0 Å². The highest BCUT2D eigenvalue weighted by molar-refractivity contribution is 7.99. The Morgan fingerprint density at radius 3 is 2.44 bits per heavy atom. The summed E-state index contributed by atoms with van der Waals surface area (Å²) in [5, 5.41) is 10.8. The molecule has 1 aromatic carbocycles. The smallest absolute Gasteiger partial charge is 0.0915 e. The third-order valence-electron chi connectivity index (χ3n) is 3.40. The average molecular weight is 236 g/mol. The number of hydrogen-bond donors (Lipinski definition) is 1. The van der Waals surface area contributed by atoms with Crippen LogP contribution in [0.25, 0.3) is 0 Å². The van der Waals surface area contributed by atoms with Crippen molar-refractivity contribution >= 4 is 11.8 Å². The lowest BCUT2D eigenvalue weighted by molar-refractivity contribution is 0.0270. The van der Waals surface area contributed by atoms with Crippen molar-refractivity contribution in [2.45, 2.75) is 38.2 Å². The Balaban J connectivity index is 2.38. The molecule has 1 fully saturated rings. The van der Waals surface area contributed by atoms with Gasteiger partial charge >= 0.3 is 0 Å². The Hall–Kier alpha value is -0.470. The highest BCUT2D eigenvalue weighted by Crippen LogP contribution is 2.39.